The first-order chi connectivity index (χ1) is 14.7. The number of fused-ring (bicyclic) bond motifs is 5. The average Bonchev–Trinajstić information content (AvgIpc) is 3.04. The zero-order valence-corrected chi connectivity index (χ0v) is 21.4. The van der Waals surface area contributed by atoms with E-state index in [1.807, 2.05) is 0 Å². The molecule has 178 valence electrons. The van der Waals surface area contributed by atoms with Crippen LogP contribution in [0.25, 0.3) is 0 Å². The van der Waals surface area contributed by atoms with Crippen LogP contribution in [0.2, 0.25) is 0 Å². The van der Waals surface area contributed by atoms with Crippen LogP contribution in [0.5, 0.6) is 0 Å². The Kier molecular flexibility index (Phi) is 6.87. The second kappa shape index (κ2) is 9.02. The molecular formula is C29H50O2. The molecule has 0 heterocycles. The van der Waals surface area contributed by atoms with Crippen LogP contribution in [-0.2, 0) is 9.53 Å². The summed E-state index contributed by atoms with van der Waals surface area (Å²) in [6.45, 7) is 14.2. The fourth-order valence-corrected chi connectivity index (χ4v) is 9.59. The Bertz CT molecular complexity index is 641. The molecule has 31 heavy (non-hydrogen) atoms. The predicted octanol–water partition coefficient (Wildman–Crippen LogP) is 8.04. The van der Waals surface area contributed by atoms with Gasteiger partial charge < -0.3 is 4.74 Å². The molecular weight excluding hydrogens is 380 g/mol. The van der Waals surface area contributed by atoms with E-state index >= 15 is 0 Å². The van der Waals surface area contributed by atoms with Gasteiger partial charge in [0.1, 0.15) is 6.10 Å². The summed E-state index contributed by atoms with van der Waals surface area (Å²) < 4.78 is 6.16. The summed E-state index contributed by atoms with van der Waals surface area (Å²) in [6.07, 6.45) is 16.6. The van der Waals surface area contributed by atoms with E-state index in [4.69, 9.17) is 4.74 Å². The molecule has 0 amide bonds. The van der Waals surface area contributed by atoms with E-state index in [9.17, 15) is 4.79 Å². The second-order valence-electron chi connectivity index (χ2n) is 13.2. The van der Waals surface area contributed by atoms with Gasteiger partial charge in [0.05, 0.1) is 0 Å². The molecule has 4 fully saturated rings. The van der Waals surface area contributed by atoms with Crippen molar-refractivity contribution in [2.75, 3.05) is 0 Å². The lowest BCUT2D eigenvalue weighted by Gasteiger charge is -2.62. The molecule has 0 spiro atoms. The average molecular weight is 431 g/mol. The van der Waals surface area contributed by atoms with Crippen molar-refractivity contribution in [1.82, 2.24) is 0 Å². The SMILES string of the molecule is CC(=O)O[C@@H]1C[C@H]2CCCC[C@]2(C)[C@@H]2CC[C@]3(C)[C@H](CC[C@H]3[C@H](C)CCCC(C)C)[C@H]21. The van der Waals surface area contributed by atoms with Gasteiger partial charge in [-0.2, -0.15) is 0 Å². The van der Waals surface area contributed by atoms with E-state index in [1.165, 1.54) is 70.6 Å². The standard InChI is InChI=1S/C29H50O2/c1-19(2)10-9-11-20(3)23-13-14-24-27-25(15-17-29(23,24)6)28(5)16-8-7-12-22(28)18-26(27)31-21(4)30/h19-20,22-27H,7-18H2,1-6H3/t20-,22-,23+,24-,25-,26-,27-,28+,29+/m1/s1. The number of ether oxygens (including phenoxy) is 1. The van der Waals surface area contributed by atoms with Gasteiger partial charge in [0.15, 0.2) is 0 Å². The van der Waals surface area contributed by atoms with Crippen LogP contribution in [0, 0.1) is 52.3 Å². The monoisotopic (exact) mass is 430 g/mol. The smallest absolute Gasteiger partial charge is 0.302 e. The zero-order valence-electron chi connectivity index (χ0n) is 21.4. The highest BCUT2D eigenvalue weighted by atomic mass is 16.5. The molecule has 0 radical (unpaired) electrons. The molecule has 0 aliphatic heterocycles. The summed E-state index contributed by atoms with van der Waals surface area (Å²) in [7, 11) is 0. The van der Waals surface area contributed by atoms with Gasteiger partial charge >= 0.3 is 5.97 Å². The summed E-state index contributed by atoms with van der Waals surface area (Å²) in [4.78, 5) is 12.1. The van der Waals surface area contributed by atoms with Crippen molar-refractivity contribution >= 4 is 5.97 Å². The van der Waals surface area contributed by atoms with Crippen LogP contribution in [0.4, 0.5) is 0 Å². The summed E-state index contributed by atoms with van der Waals surface area (Å²) in [5.74, 6) is 5.37. The molecule has 0 saturated heterocycles. The Hall–Kier alpha value is -0.530. The molecule has 2 nitrogen and oxygen atoms in total. The number of esters is 1. The van der Waals surface area contributed by atoms with E-state index in [0.29, 0.717) is 16.7 Å². The van der Waals surface area contributed by atoms with E-state index in [0.717, 1.165) is 41.9 Å². The maximum Gasteiger partial charge on any atom is 0.302 e. The molecule has 9 atom stereocenters. The number of hydrogen-bond donors (Lipinski definition) is 0. The van der Waals surface area contributed by atoms with Gasteiger partial charge in [-0.3, -0.25) is 4.79 Å². The van der Waals surface area contributed by atoms with Gasteiger partial charge in [0.2, 0.25) is 0 Å². The summed E-state index contributed by atoms with van der Waals surface area (Å²) in [5.41, 5.74) is 0.941. The predicted molar refractivity (Wildman–Crippen MR) is 129 cm³/mol. The molecule has 4 aliphatic carbocycles. The van der Waals surface area contributed by atoms with Crippen LogP contribution >= 0.6 is 0 Å². The van der Waals surface area contributed by atoms with Crippen molar-refractivity contribution in [3.63, 3.8) is 0 Å². The minimum absolute atomic E-state index is 0.0490. The number of carbonyl (C=O) groups excluding carboxylic acids is 1. The third-order valence-corrected chi connectivity index (χ3v) is 11.1. The molecule has 4 saturated carbocycles. The normalized spacial score (nSPS) is 45.5. The topological polar surface area (TPSA) is 26.3 Å². The Morgan fingerprint density at radius 1 is 0.935 bits per heavy atom. The van der Waals surface area contributed by atoms with Gasteiger partial charge in [-0.15, -0.1) is 0 Å². The number of carbonyl (C=O) groups is 1. The van der Waals surface area contributed by atoms with E-state index in [-0.39, 0.29) is 12.1 Å². The fraction of sp³-hybridized carbons (Fsp3) is 0.966. The van der Waals surface area contributed by atoms with E-state index < -0.39 is 0 Å². The first-order valence-electron chi connectivity index (χ1n) is 13.8. The third kappa shape index (κ3) is 4.23. The van der Waals surface area contributed by atoms with Crippen molar-refractivity contribution in [3.05, 3.63) is 0 Å². The Labute approximate surface area is 192 Å². The van der Waals surface area contributed by atoms with Gasteiger partial charge in [-0.25, -0.2) is 0 Å². The molecule has 0 aromatic carbocycles. The van der Waals surface area contributed by atoms with E-state index in [1.54, 1.807) is 6.92 Å². The van der Waals surface area contributed by atoms with Crippen LogP contribution in [0.1, 0.15) is 119 Å². The highest BCUT2D eigenvalue weighted by Gasteiger charge is 2.63. The van der Waals surface area contributed by atoms with Crippen molar-refractivity contribution in [1.29, 1.82) is 0 Å². The third-order valence-electron chi connectivity index (χ3n) is 11.1. The van der Waals surface area contributed by atoms with Crippen molar-refractivity contribution in [2.24, 2.45) is 52.3 Å². The molecule has 4 aliphatic rings. The van der Waals surface area contributed by atoms with Gasteiger partial charge in [-0.05, 0) is 91.3 Å². The highest BCUT2D eigenvalue weighted by Crippen LogP contribution is 2.68. The fourth-order valence-electron chi connectivity index (χ4n) is 9.59. The molecule has 0 aromatic rings. The van der Waals surface area contributed by atoms with Gasteiger partial charge in [0, 0.05) is 12.8 Å². The largest absolute Gasteiger partial charge is 0.462 e. The second-order valence-corrected chi connectivity index (χ2v) is 13.2. The number of hydrogen-bond acceptors (Lipinski definition) is 2. The minimum atomic E-state index is -0.0490. The summed E-state index contributed by atoms with van der Waals surface area (Å²) in [6, 6.07) is 0. The number of rotatable bonds is 6. The molecule has 2 heteroatoms. The molecule has 0 N–H and O–H groups in total. The van der Waals surface area contributed by atoms with Crippen LogP contribution < -0.4 is 0 Å². The maximum atomic E-state index is 12.1. The van der Waals surface area contributed by atoms with Crippen LogP contribution in [-0.4, -0.2) is 12.1 Å². The van der Waals surface area contributed by atoms with Gasteiger partial charge in [0.25, 0.3) is 0 Å². The summed E-state index contributed by atoms with van der Waals surface area (Å²) >= 11 is 0. The van der Waals surface area contributed by atoms with Crippen molar-refractivity contribution < 1.29 is 9.53 Å². The van der Waals surface area contributed by atoms with Crippen LogP contribution in [0.3, 0.4) is 0 Å². The Balaban J connectivity index is 1.57. The quantitative estimate of drug-likeness (QED) is 0.398. The van der Waals surface area contributed by atoms with E-state index in [2.05, 4.69) is 34.6 Å². The molecule has 0 bridgehead atoms. The lowest BCUT2D eigenvalue weighted by Crippen LogP contribution is -2.58. The lowest BCUT2D eigenvalue weighted by atomic mass is 9.44. The summed E-state index contributed by atoms with van der Waals surface area (Å²) in [5, 5.41) is 0. The van der Waals surface area contributed by atoms with Crippen molar-refractivity contribution in [2.45, 2.75) is 125 Å². The Morgan fingerprint density at radius 3 is 2.39 bits per heavy atom. The lowest BCUT2D eigenvalue weighted by molar-refractivity contribution is -0.189. The first kappa shape index (κ1) is 23.6. The van der Waals surface area contributed by atoms with Gasteiger partial charge in [-0.1, -0.05) is 66.7 Å². The molecule has 0 unspecified atom stereocenters. The van der Waals surface area contributed by atoms with Crippen LogP contribution in [0.15, 0.2) is 0 Å². The minimum Gasteiger partial charge on any atom is -0.462 e. The first-order valence-corrected chi connectivity index (χ1v) is 13.8. The Morgan fingerprint density at radius 2 is 1.68 bits per heavy atom. The molecule has 4 rings (SSSR count). The highest BCUT2D eigenvalue weighted by molar-refractivity contribution is 5.66. The maximum absolute atomic E-state index is 12.1. The zero-order chi connectivity index (χ0) is 22.4. The molecule has 0 aromatic heterocycles. The van der Waals surface area contributed by atoms with Crippen molar-refractivity contribution in [3.8, 4) is 0 Å².